The molecule has 0 aliphatic carbocycles. The first kappa shape index (κ1) is 13.6. The molecule has 0 saturated heterocycles. The largest absolute Gasteiger partial charge is 0.497 e. The van der Waals surface area contributed by atoms with Crippen molar-refractivity contribution in [3.63, 3.8) is 0 Å². The Hall–Kier alpha value is -1.83. The van der Waals surface area contributed by atoms with E-state index in [2.05, 4.69) is 36.2 Å². The molecule has 0 spiro atoms. The molecule has 0 bridgehead atoms. The van der Waals surface area contributed by atoms with Crippen molar-refractivity contribution in [1.82, 2.24) is 4.98 Å². The van der Waals surface area contributed by atoms with Crippen LogP contribution in [0.15, 0.2) is 42.6 Å². The summed E-state index contributed by atoms with van der Waals surface area (Å²) in [5.74, 6) is 0.865. The molecule has 0 aliphatic rings. The Bertz CT molecular complexity index is 505. The molecule has 1 heterocycles. The van der Waals surface area contributed by atoms with E-state index in [1.807, 2.05) is 12.1 Å². The molecule has 2 heteroatoms. The number of benzene rings is 1. The molecule has 0 N–H and O–H groups in total. The summed E-state index contributed by atoms with van der Waals surface area (Å²) in [6.45, 7) is 2.23. The van der Waals surface area contributed by atoms with E-state index in [1.54, 1.807) is 13.3 Å². The average Bonchev–Trinajstić information content (AvgIpc) is 2.47. The molecule has 1 aromatic carbocycles. The van der Waals surface area contributed by atoms with E-state index in [-0.39, 0.29) is 0 Å². The van der Waals surface area contributed by atoms with Crippen molar-refractivity contribution in [2.45, 2.75) is 32.6 Å². The lowest BCUT2D eigenvalue weighted by Crippen LogP contribution is -1.94. The van der Waals surface area contributed by atoms with Crippen LogP contribution in [0.25, 0.3) is 0 Å². The number of pyridine rings is 1. The van der Waals surface area contributed by atoms with Gasteiger partial charge in [0.25, 0.3) is 0 Å². The highest BCUT2D eigenvalue weighted by Crippen LogP contribution is 2.15. The average molecular weight is 255 g/mol. The van der Waals surface area contributed by atoms with Gasteiger partial charge in [0.1, 0.15) is 5.75 Å². The summed E-state index contributed by atoms with van der Waals surface area (Å²) in [6, 6.07) is 12.7. The second-order valence-electron chi connectivity index (χ2n) is 4.78. The number of aryl methyl sites for hydroxylation is 1. The van der Waals surface area contributed by atoms with Gasteiger partial charge in [-0.15, -0.1) is 0 Å². The van der Waals surface area contributed by atoms with Crippen molar-refractivity contribution in [3.8, 4) is 5.75 Å². The van der Waals surface area contributed by atoms with Crippen LogP contribution in [0, 0.1) is 0 Å². The maximum absolute atomic E-state index is 5.22. The maximum Gasteiger partial charge on any atom is 0.122 e. The maximum atomic E-state index is 5.22. The predicted octanol–water partition coefficient (Wildman–Crippen LogP) is 4.02. The second kappa shape index (κ2) is 6.93. The fourth-order valence-electron chi connectivity index (χ4n) is 2.09. The third-order valence-electron chi connectivity index (χ3n) is 3.25. The molecule has 2 aromatic rings. The number of hydrogen-bond acceptors (Lipinski definition) is 2. The summed E-state index contributed by atoms with van der Waals surface area (Å²) in [5, 5.41) is 0. The highest BCUT2D eigenvalue weighted by atomic mass is 16.5. The molecule has 100 valence electrons. The minimum atomic E-state index is 0.852. The van der Waals surface area contributed by atoms with E-state index in [9.17, 15) is 0 Å². The van der Waals surface area contributed by atoms with Crippen LogP contribution in [0.4, 0.5) is 0 Å². The number of hydrogen-bond donors (Lipinski definition) is 0. The molecule has 0 unspecified atom stereocenters. The third-order valence-corrected chi connectivity index (χ3v) is 3.25. The van der Waals surface area contributed by atoms with Crippen LogP contribution in [0.2, 0.25) is 0 Å². The monoisotopic (exact) mass is 255 g/mol. The van der Waals surface area contributed by atoms with Crippen molar-refractivity contribution in [2.75, 3.05) is 7.11 Å². The lowest BCUT2D eigenvalue weighted by Gasteiger charge is -2.05. The first-order valence-electron chi connectivity index (χ1n) is 6.88. The summed E-state index contributed by atoms with van der Waals surface area (Å²) < 4.78 is 5.22. The van der Waals surface area contributed by atoms with Gasteiger partial charge in [-0.3, -0.25) is 4.98 Å². The molecule has 0 radical (unpaired) electrons. The lowest BCUT2D eigenvalue weighted by molar-refractivity contribution is 0.413. The molecule has 0 amide bonds. The van der Waals surface area contributed by atoms with Crippen molar-refractivity contribution in [3.05, 3.63) is 59.4 Å². The SMILES string of the molecule is CCCCc1ccc(Cc2cc(OC)ccn2)cc1. The van der Waals surface area contributed by atoms with E-state index in [0.717, 1.165) is 17.9 Å². The number of rotatable bonds is 6. The van der Waals surface area contributed by atoms with Gasteiger partial charge < -0.3 is 4.74 Å². The van der Waals surface area contributed by atoms with Crippen molar-refractivity contribution in [2.24, 2.45) is 0 Å². The molecule has 19 heavy (non-hydrogen) atoms. The number of aromatic nitrogens is 1. The van der Waals surface area contributed by atoms with Crippen LogP contribution >= 0.6 is 0 Å². The van der Waals surface area contributed by atoms with Crippen molar-refractivity contribution < 1.29 is 4.74 Å². The summed E-state index contributed by atoms with van der Waals surface area (Å²) in [6.07, 6.45) is 6.33. The van der Waals surface area contributed by atoms with E-state index in [0.29, 0.717) is 0 Å². The Morgan fingerprint density at radius 3 is 2.47 bits per heavy atom. The Balaban J connectivity index is 2.02. The predicted molar refractivity (Wildman–Crippen MR) is 78.6 cm³/mol. The first-order chi connectivity index (χ1) is 9.31. The van der Waals surface area contributed by atoms with Gasteiger partial charge in [-0.05, 0) is 30.0 Å². The fraction of sp³-hybridized carbons (Fsp3) is 0.353. The molecule has 0 aliphatic heterocycles. The molecule has 1 aromatic heterocycles. The van der Waals surface area contributed by atoms with Crippen molar-refractivity contribution >= 4 is 0 Å². The molecule has 0 atom stereocenters. The van der Waals surface area contributed by atoms with Gasteiger partial charge in [-0.25, -0.2) is 0 Å². The smallest absolute Gasteiger partial charge is 0.122 e. The van der Waals surface area contributed by atoms with Crippen LogP contribution in [-0.2, 0) is 12.8 Å². The van der Waals surface area contributed by atoms with Gasteiger partial charge in [-0.1, -0.05) is 37.6 Å². The summed E-state index contributed by atoms with van der Waals surface area (Å²) in [7, 11) is 1.68. The molecular weight excluding hydrogens is 234 g/mol. The first-order valence-corrected chi connectivity index (χ1v) is 6.88. The van der Waals surface area contributed by atoms with Crippen LogP contribution < -0.4 is 4.74 Å². The van der Waals surface area contributed by atoms with Crippen molar-refractivity contribution in [1.29, 1.82) is 0 Å². The molecule has 0 fully saturated rings. The van der Waals surface area contributed by atoms with Gasteiger partial charge >= 0.3 is 0 Å². The van der Waals surface area contributed by atoms with Crippen LogP contribution in [0.1, 0.15) is 36.6 Å². The zero-order valence-corrected chi connectivity index (χ0v) is 11.7. The molecule has 2 nitrogen and oxygen atoms in total. The summed E-state index contributed by atoms with van der Waals surface area (Å²) in [4.78, 5) is 4.37. The van der Waals surface area contributed by atoms with Gasteiger partial charge in [-0.2, -0.15) is 0 Å². The van der Waals surface area contributed by atoms with E-state index >= 15 is 0 Å². The van der Waals surface area contributed by atoms with Gasteiger partial charge in [0.15, 0.2) is 0 Å². The highest BCUT2D eigenvalue weighted by molar-refractivity contribution is 5.29. The molecule has 2 rings (SSSR count). The summed E-state index contributed by atoms with van der Waals surface area (Å²) in [5.41, 5.74) is 3.76. The third kappa shape index (κ3) is 4.09. The summed E-state index contributed by atoms with van der Waals surface area (Å²) >= 11 is 0. The molecule has 0 saturated carbocycles. The standard InChI is InChI=1S/C17H21NO/c1-3-4-5-14-6-8-15(9-7-14)12-16-13-17(19-2)10-11-18-16/h6-11,13H,3-5,12H2,1-2H3. The zero-order chi connectivity index (χ0) is 13.5. The minimum Gasteiger partial charge on any atom is -0.497 e. The van der Waals surface area contributed by atoms with Crippen LogP contribution in [0.3, 0.4) is 0 Å². The van der Waals surface area contributed by atoms with Crippen LogP contribution in [-0.4, -0.2) is 12.1 Å². The fourth-order valence-corrected chi connectivity index (χ4v) is 2.09. The van der Waals surface area contributed by atoms with Crippen LogP contribution in [0.5, 0.6) is 5.75 Å². The van der Waals surface area contributed by atoms with E-state index < -0.39 is 0 Å². The highest BCUT2D eigenvalue weighted by Gasteiger charge is 2.00. The number of unbranched alkanes of at least 4 members (excludes halogenated alkanes) is 1. The Kier molecular flexibility index (Phi) is 4.96. The number of nitrogens with zero attached hydrogens (tertiary/aromatic N) is 1. The Labute approximate surface area is 115 Å². The zero-order valence-electron chi connectivity index (χ0n) is 11.7. The topological polar surface area (TPSA) is 22.1 Å². The second-order valence-corrected chi connectivity index (χ2v) is 4.78. The van der Waals surface area contributed by atoms with Gasteiger partial charge in [0.05, 0.1) is 7.11 Å². The Morgan fingerprint density at radius 2 is 1.79 bits per heavy atom. The minimum absolute atomic E-state index is 0.852. The Morgan fingerprint density at radius 1 is 1.05 bits per heavy atom. The normalized spacial score (nSPS) is 10.4. The van der Waals surface area contributed by atoms with Gasteiger partial charge in [0.2, 0.25) is 0 Å². The van der Waals surface area contributed by atoms with E-state index in [1.165, 1.54) is 30.4 Å². The van der Waals surface area contributed by atoms with Gasteiger partial charge in [0, 0.05) is 24.4 Å². The number of methoxy groups -OCH3 is 1. The number of ether oxygens (including phenoxy) is 1. The molecular formula is C17H21NO. The lowest BCUT2D eigenvalue weighted by atomic mass is 10.0. The quantitative estimate of drug-likeness (QED) is 0.777. The van der Waals surface area contributed by atoms with E-state index in [4.69, 9.17) is 4.74 Å².